The van der Waals surface area contributed by atoms with E-state index in [1.54, 1.807) is 29.8 Å². The van der Waals surface area contributed by atoms with Gasteiger partial charge in [-0.2, -0.15) is 4.52 Å². The lowest BCUT2D eigenvalue weighted by Crippen LogP contribution is -2.41. The van der Waals surface area contributed by atoms with E-state index < -0.39 is 0 Å². The number of halogens is 1. The Kier molecular flexibility index (Phi) is 5.04. The number of hydrogen-bond acceptors (Lipinski definition) is 6. The molecule has 1 aromatic carbocycles. The summed E-state index contributed by atoms with van der Waals surface area (Å²) in [5.74, 6) is 1.92. The van der Waals surface area contributed by atoms with E-state index >= 15 is 0 Å². The third kappa shape index (κ3) is 3.60. The van der Waals surface area contributed by atoms with Crippen LogP contribution in [0, 0.1) is 12.8 Å². The van der Waals surface area contributed by atoms with Gasteiger partial charge in [0.25, 0.3) is 0 Å². The summed E-state index contributed by atoms with van der Waals surface area (Å²) in [6.07, 6.45) is 1.73. The van der Waals surface area contributed by atoms with Crippen molar-refractivity contribution < 1.29 is 9.53 Å². The highest BCUT2D eigenvalue weighted by molar-refractivity contribution is 6.31. The molecule has 146 valence electrons. The summed E-state index contributed by atoms with van der Waals surface area (Å²) < 4.78 is 7.03. The summed E-state index contributed by atoms with van der Waals surface area (Å²) in [4.78, 5) is 15.0. The molecule has 8 nitrogen and oxygen atoms in total. The zero-order chi connectivity index (χ0) is 19.7. The number of benzene rings is 1. The number of nitrogens with zero attached hydrogens (tertiary/aromatic N) is 5. The highest BCUT2D eigenvalue weighted by atomic mass is 35.5. The van der Waals surface area contributed by atoms with Crippen molar-refractivity contribution in [2.75, 3.05) is 30.4 Å². The van der Waals surface area contributed by atoms with E-state index in [2.05, 4.69) is 25.5 Å². The van der Waals surface area contributed by atoms with Gasteiger partial charge in [-0.3, -0.25) is 4.79 Å². The maximum Gasteiger partial charge on any atom is 0.229 e. The molecule has 1 amide bonds. The molecule has 1 saturated heterocycles. The first-order chi connectivity index (χ1) is 13.5. The maximum absolute atomic E-state index is 12.9. The Balaban J connectivity index is 1.50. The number of rotatable bonds is 4. The molecule has 1 fully saturated rings. The number of methoxy groups -OCH3 is 1. The molecule has 0 saturated carbocycles. The fourth-order valence-corrected chi connectivity index (χ4v) is 3.64. The second-order valence-electron chi connectivity index (χ2n) is 6.83. The van der Waals surface area contributed by atoms with Crippen molar-refractivity contribution in [1.82, 2.24) is 19.8 Å². The van der Waals surface area contributed by atoms with Gasteiger partial charge in [0.1, 0.15) is 11.6 Å². The highest BCUT2D eigenvalue weighted by Crippen LogP contribution is 2.29. The van der Waals surface area contributed by atoms with Crippen molar-refractivity contribution >= 4 is 34.7 Å². The van der Waals surface area contributed by atoms with E-state index in [-0.39, 0.29) is 11.8 Å². The van der Waals surface area contributed by atoms with Gasteiger partial charge >= 0.3 is 0 Å². The lowest BCUT2D eigenvalue weighted by molar-refractivity contribution is -0.120. The van der Waals surface area contributed by atoms with E-state index in [1.165, 1.54) is 0 Å². The summed E-state index contributed by atoms with van der Waals surface area (Å²) in [7, 11) is 1.57. The Hall–Kier alpha value is -2.87. The average molecular weight is 401 g/mol. The molecule has 1 N–H and O–H groups in total. The second-order valence-corrected chi connectivity index (χ2v) is 7.26. The van der Waals surface area contributed by atoms with E-state index in [0.717, 1.165) is 31.0 Å². The molecule has 1 aliphatic rings. The topological polar surface area (TPSA) is 84.6 Å². The maximum atomic E-state index is 12.9. The Bertz CT molecular complexity index is 1020. The van der Waals surface area contributed by atoms with Crippen LogP contribution in [0.5, 0.6) is 5.75 Å². The lowest BCUT2D eigenvalue weighted by Gasteiger charge is -2.32. The molecule has 0 radical (unpaired) electrons. The molecular weight excluding hydrogens is 380 g/mol. The Morgan fingerprint density at radius 3 is 2.96 bits per heavy atom. The normalized spacial score (nSPS) is 17.0. The molecule has 4 rings (SSSR count). The minimum Gasteiger partial charge on any atom is -0.495 e. The monoisotopic (exact) mass is 400 g/mol. The van der Waals surface area contributed by atoms with Crippen molar-refractivity contribution in [2.24, 2.45) is 5.92 Å². The fraction of sp³-hybridized carbons (Fsp3) is 0.368. The molecule has 1 atom stereocenters. The van der Waals surface area contributed by atoms with Crippen LogP contribution >= 0.6 is 11.6 Å². The minimum absolute atomic E-state index is 0.0492. The number of hydrogen-bond donors (Lipinski definition) is 1. The van der Waals surface area contributed by atoms with Crippen LogP contribution in [0.3, 0.4) is 0 Å². The lowest BCUT2D eigenvalue weighted by atomic mass is 9.97. The number of nitrogens with one attached hydrogen (secondary N) is 1. The van der Waals surface area contributed by atoms with E-state index in [0.29, 0.717) is 28.7 Å². The van der Waals surface area contributed by atoms with Gasteiger partial charge in [0.2, 0.25) is 5.91 Å². The van der Waals surface area contributed by atoms with Gasteiger partial charge in [-0.1, -0.05) is 11.6 Å². The Morgan fingerprint density at radius 1 is 1.29 bits per heavy atom. The summed E-state index contributed by atoms with van der Waals surface area (Å²) in [5, 5.41) is 16.2. The van der Waals surface area contributed by atoms with Crippen LogP contribution < -0.4 is 15.0 Å². The van der Waals surface area contributed by atoms with E-state index in [4.69, 9.17) is 16.3 Å². The number of aromatic nitrogens is 4. The quantitative estimate of drug-likeness (QED) is 0.724. The first-order valence-electron chi connectivity index (χ1n) is 9.13. The Morgan fingerprint density at radius 2 is 2.14 bits per heavy atom. The van der Waals surface area contributed by atoms with Crippen LogP contribution in [0.1, 0.15) is 18.7 Å². The summed E-state index contributed by atoms with van der Waals surface area (Å²) >= 11 is 6.06. The van der Waals surface area contributed by atoms with Crippen LogP contribution in [-0.2, 0) is 4.79 Å². The van der Waals surface area contributed by atoms with Gasteiger partial charge in [-0.05, 0) is 50.1 Å². The van der Waals surface area contributed by atoms with Crippen molar-refractivity contribution in [1.29, 1.82) is 0 Å². The zero-order valence-electron chi connectivity index (χ0n) is 15.7. The molecule has 0 bridgehead atoms. The van der Waals surface area contributed by atoms with Crippen LogP contribution in [0.2, 0.25) is 5.02 Å². The number of ether oxygens (including phenoxy) is 1. The number of amides is 1. The van der Waals surface area contributed by atoms with Gasteiger partial charge in [0.05, 0.1) is 18.7 Å². The van der Waals surface area contributed by atoms with E-state index in [9.17, 15) is 4.79 Å². The van der Waals surface area contributed by atoms with Crippen LogP contribution in [0.25, 0.3) is 5.65 Å². The molecular formula is C19H21ClN6O2. The van der Waals surface area contributed by atoms with Crippen LogP contribution in [0.4, 0.5) is 11.5 Å². The number of piperidine rings is 1. The van der Waals surface area contributed by atoms with Crippen molar-refractivity contribution in [2.45, 2.75) is 19.8 Å². The molecule has 0 spiro atoms. The van der Waals surface area contributed by atoms with Crippen LogP contribution in [0.15, 0.2) is 30.3 Å². The van der Waals surface area contributed by atoms with Crippen molar-refractivity contribution in [3.63, 3.8) is 0 Å². The van der Waals surface area contributed by atoms with Crippen LogP contribution in [-0.4, -0.2) is 45.9 Å². The number of anilines is 2. The third-order valence-corrected chi connectivity index (χ3v) is 5.18. The van der Waals surface area contributed by atoms with E-state index in [1.807, 2.05) is 19.1 Å². The van der Waals surface area contributed by atoms with Gasteiger partial charge in [0, 0.05) is 18.1 Å². The van der Waals surface area contributed by atoms with Crippen molar-refractivity contribution in [3.05, 3.63) is 41.2 Å². The fourth-order valence-electron chi connectivity index (χ4n) is 3.47. The summed E-state index contributed by atoms with van der Waals surface area (Å²) in [6, 6.07) is 8.98. The minimum atomic E-state index is -0.156. The second kappa shape index (κ2) is 7.63. The molecule has 28 heavy (non-hydrogen) atoms. The molecule has 1 aliphatic heterocycles. The number of aryl methyl sites for hydroxylation is 1. The molecule has 1 unspecified atom stereocenters. The molecule has 9 heteroatoms. The summed E-state index contributed by atoms with van der Waals surface area (Å²) in [5.41, 5.74) is 1.29. The standard InChI is InChI=1S/C19H21ClN6O2/c1-12-22-23-17-7-8-18(24-26(12)17)25-9-3-4-13(11-25)19(27)21-15-10-14(20)5-6-16(15)28-2/h5-8,10,13H,3-4,9,11H2,1-2H3,(H,21,27). The first kappa shape index (κ1) is 18.5. The highest BCUT2D eigenvalue weighted by Gasteiger charge is 2.27. The Labute approximate surface area is 167 Å². The predicted molar refractivity (Wildman–Crippen MR) is 107 cm³/mol. The summed E-state index contributed by atoms with van der Waals surface area (Å²) in [6.45, 7) is 3.31. The van der Waals surface area contributed by atoms with Crippen molar-refractivity contribution in [3.8, 4) is 5.75 Å². The molecule has 3 aromatic rings. The smallest absolute Gasteiger partial charge is 0.229 e. The molecule has 0 aliphatic carbocycles. The predicted octanol–water partition coefficient (Wildman–Crippen LogP) is 2.95. The SMILES string of the molecule is COc1ccc(Cl)cc1NC(=O)C1CCCN(c2ccc3nnc(C)n3n2)C1. The largest absolute Gasteiger partial charge is 0.495 e. The number of fused-ring (bicyclic) bond motifs is 1. The average Bonchev–Trinajstić information content (AvgIpc) is 3.08. The number of carbonyl (C=O) groups excluding carboxylic acids is 1. The third-order valence-electron chi connectivity index (χ3n) is 4.94. The molecule has 2 aromatic heterocycles. The molecule has 3 heterocycles. The van der Waals surface area contributed by atoms with Gasteiger partial charge in [-0.25, -0.2) is 0 Å². The number of carbonyl (C=O) groups is 1. The zero-order valence-corrected chi connectivity index (χ0v) is 16.5. The van der Waals surface area contributed by atoms with Gasteiger partial charge in [-0.15, -0.1) is 15.3 Å². The van der Waals surface area contributed by atoms with Gasteiger partial charge in [0.15, 0.2) is 11.5 Å². The van der Waals surface area contributed by atoms with Gasteiger partial charge < -0.3 is 15.0 Å². The first-order valence-corrected chi connectivity index (χ1v) is 9.51.